The molecule has 2 aliphatic heterocycles. The molecule has 0 spiro atoms. The SMILES string of the molecule is Cc1cc(N2CCCCC2)nc(N2CCN(C(=O)Cc3ccccc3F)CC2)n1. The Kier molecular flexibility index (Phi) is 5.92. The highest BCUT2D eigenvalue weighted by Gasteiger charge is 2.24. The van der Waals surface area contributed by atoms with Gasteiger partial charge in [-0.2, -0.15) is 4.98 Å². The van der Waals surface area contributed by atoms with Crippen LogP contribution in [0.5, 0.6) is 0 Å². The second kappa shape index (κ2) is 8.76. The van der Waals surface area contributed by atoms with Crippen LogP contribution in [0.4, 0.5) is 16.2 Å². The summed E-state index contributed by atoms with van der Waals surface area (Å²) in [6, 6.07) is 8.53. The third-order valence-electron chi connectivity index (χ3n) is 5.72. The zero-order valence-corrected chi connectivity index (χ0v) is 17.0. The molecule has 0 atom stereocenters. The van der Waals surface area contributed by atoms with Gasteiger partial charge >= 0.3 is 0 Å². The summed E-state index contributed by atoms with van der Waals surface area (Å²) in [4.78, 5) is 28.3. The first-order valence-electron chi connectivity index (χ1n) is 10.5. The lowest BCUT2D eigenvalue weighted by Crippen LogP contribution is -2.49. The molecular weight excluding hydrogens is 369 g/mol. The topological polar surface area (TPSA) is 52.6 Å². The fourth-order valence-corrected chi connectivity index (χ4v) is 4.04. The number of piperazine rings is 1. The van der Waals surface area contributed by atoms with E-state index in [1.54, 1.807) is 18.2 Å². The van der Waals surface area contributed by atoms with E-state index in [1.807, 2.05) is 11.8 Å². The molecule has 0 N–H and O–H groups in total. The van der Waals surface area contributed by atoms with E-state index in [1.165, 1.54) is 25.3 Å². The molecular formula is C22H28FN5O. The Morgan fingerprint density at radius 1 is 0.966 bits per heavy atom. The number of nitrogens with zero attached hydrogens (tertiary/aromatic N) is 5. The molecule has 1 amide bonds. The molecule has 2 aliphatic rings. The molecule has 2 saturated heterocycles. The number of hydrogen-bond donors (Lipinski definition) is 0. The van der Waals surface area contributed by atoms with Crippen LogP contribution in [-0.4, -0.2) is 60.0 Å². The maximum absolute atomic E-state index is 13.8. The average molecular weight is 397 g/mol. The molecule has 7 heteroatoms. The Balaban J connectivity index is 1.38. The molecule has 0 radical (unpaired) electrons. The summed E-state index contributed by atoms with van der Waals surface area (Å²) >= 11 is 0. The van der Waals surface area contributed by atoms with Crippen molar-refractivity contribution < 1.29 is 9.18 Å². The third kappa shape index (κ3) is 4.66. The fraction of sp³-hybridized carbons (Fsp3) is 0.500. The summed E-state index contributed by atoms with van der Waals surface area (Å²) in [6.45, 7) is 6.68. The van der Waals surface area contributed by atoms with Gasteiger partial charge in [0.1, 0.15) is 11.6 Å². The van der Waals surface area contributed by atoms with Gasteiger partial charge in [-0.1, -0.05) is 18.2 Å². The Labute approximate surface area is 171 Å². The fourth-order valence-electron chi connectivity index (χ4n) is 4.04. The van der Waals surface area contributed by atoms with Crippen LogP contribution in [0, 0.1) is 12.7 Å². The van der Waals surface area contributed by atoms with E-state index in [0.29, 0.717) is 31.7 Å². The second-order valence-corrected chi connectivity index (χ2v) is 7.85. The lowest BCUT2D eigenvalue weighted by atomic mass is 10.1. The summed E-state index contributed by atoms with van der Waals surface area (Å²) in [5, 5.41) is 0. The standard InChI is InChI=1S/C22H28FN5O/c1-17-15-20(26-9-5-2-6-10-26)25-22(24-17)28-13-11-27(12-14-28)21(29)16-18-7-3-4-8-19(18)23/h3-4,7-8,15H,2,5-6,9-14,16H2,1H3. The minimum Gasteiger partial charge on any atom is -0.356 e. The van der Waals surface area contributed by atoms with Gasteiger partial charge < -0.3 is 14.7 Å². The molecule has 2 fully saturated rings. The van der Waals surface area contributed by atoms with Crippen molar-refractivity contribution in [1.29, 1.82) is 0 Å². The van der Waals surface area contributed by atoms with Gasteiger partial charge in [0.25, 0.3) is 0 Å². The third-order valence-corrected chi connectivity index (χ3v) is 5.72. The van der Waals surface area contributed by atoms with Crippen molar-refractivity contribution in [3.8, 4) is 0 Å². The highest BCUT2D eigenvalue weighted by atomic mass is 19.1. The van der Waals surface area contributed by atoms with Crippen molar-refractivity contribution in [2.75, 3.05) is 49.1 Å². The Bertz CT molecular complexity index is 860. The Morgan fingerprint density at radius 2 is 1.69 bits per heavy atom. The number of halogens is 1. The monoisotopic (exact) mass is 397 g/mol. The molecule has 3 heterocycles. The second-order valence-electron chi connectivity index (χ2n) is 7.85. The normalized spacial score (nSPS) is 17.5. The summed E-state index contributed by atoms with van der Waals surface area (Å²) in [5.41, 5.74) is 1.42. The smallest absolute Gasteiger partial charge is 0.227 e. The average Bonchev–Trinajstić information content (AvgIpc) is 2.75. The lowest BCUT2D eigenvalue weighted by Gasteiger charge is -2.35. The number of benzene rings is 1. The van der Waals surface area contributed by atoms with Gasteiger partial charge in [0.15, 0.2) is 0 Å². The summed E-state index contributed by atoms with van der Waals surface area (Å²) in [7, 11) is 0. The van der Waals surface area contributed by atoms with Crippen LogP contribution in [0.2, 0.25) is 0 Å². The minimum atomic E-state index is -0.321. The molecule has 2 aromatic rings. The van der Waals surface area contributed by atoms with Crippen LogP contribution in [0.1, 0.15) is 30.5 Å². The van der Waals surface area contributed by atoms with Crippen molar-refractivity contribution >= 4 is 17.7 Å². The largest absolute Gasteiger partial charge is 0.356 e. The minimum absolute atomic E-state index is 0.0334. The van der Waals surface area contributed by atoms with Crippen LogP contribution in [0.25, 0.3) is 0 Å². The van der Waals surface area contributed by atoms with Crippen LogP contribution in [0.15, 0.2) is 30.3 Å². The maximum Gasteiger partial charge on any atom is 0.227 e. The number of carbonyl (C=O) groups excluding carboxylic acids is 1. The first kappa shape index (κ1) is 19.6. The van der Waals surface area contributed by atoms with Gasteiger partial charge in [-0.15, -0.1) is 0 Å². The number of hydrogen-bond acceptors (Lipinski definition) is 5. The first-order chi connectivity index (χ1) is 14.1. The zero-order valence-electron chi connectivity index (χ0n) is 17.0. The van der Waals surface area contributed by atoms with Crippen molar-refractivity contribution in [3.05, 3.63) is 47.4 Å². The molecule has 6 nitrogen and oxygen atoms in total. The first-order valence-corrected chi connectivity index (χ1v) is 10.5. The Hall–Kier alpha value is -2.70. The highest BCUT2D eigenvalue weighted by Crippen LogP contribution is 2.22. The van der Waals surface area contributed by atoms with Crippen LogP contribution >= 0.6 is 0 Å². The quantitative estimate of drug-likeness (QED) is 0.794. The van der Waals surface area contributed by atoms with Crippen molar-refractivity contribution in [3.63, 3.8) is 0 Å². The number of piperidine rings is 1. The summed E-state index contributed by atoms with van der Waals surface area (Å²) in [5.74, 6) is 1.39. The van der Waals surface area contributed by atoms with Crippen molar-refractivity contribution in [2.45, 2.75) is 32.6 Å². The molecule has 0 aliphatic carbocycles. The van der Waals surface area contributed by atoms with Gasteiger partial charge in [-0.05, 0) is 37.8 Å². The van der Waals surface area contributed by atoms with Crippen LogP contribution in [0.3, 0.4) is 0 Å². The van der Waals surface area contributed by atoms with E-state index in [9.17, 15) is 9.18 Å². The zero-order chi connectivity index (χ0) is 20.2. The summed E-state index contributed by atoms with van der Waals surface area (Å²) < 4.78 is 13.8. The van der Waals surface area contributed by atoms with Gasteiger partial charge in [0.05, 0.1) is 6.42 Å². The van der Waals surface area contributed by atoms with E-state index in [2.05, 4.69) is 20.9 Å². The lowest BCUT2D eigenvalue weighted by molar-refractivity contribution is -0.130. The number of aromatic nitrogens is 2. The van der Waals surface area contributed by atoms with E-state index in [4.69, 9.17) is 4.98 Å². The number of anilines is 2. The highest BCUT2D eigenvalue weighted by molar-refractivity contribution is 5.79. The number of aryl methyl sites for hydroxylation is 1. The molecule has 4 rings (SSSR count). The van der Waals surface area contributed by atoms with Gasteiger partial charge in [-0.25, -0.2) is 9.37 Å². The van der Waals surface area contributed by atoms with Gasteiger partial charge in [-0.3, -0.25) is 4.79 Å². The van der Waals surface area contributed by atoms with Gasteiger partial charge in [0, 0.05) is 51.0 Å². The molecule has 1 aromatic carbocycles. The van der Waals surface area contributed by atoms with Crippen LogP contribution < -0.4 is 9.80 Å². The van der Waals surface area contributed by atoms with Crippen LogP contribution in [-0.2, 0) is 11.2 Å². The maximum atomic E-state index is 13.8. The van der Waals surface area contributed by atoms with Crippen molar-refractivity contribution in [1.82, 2.24) is 14.9 Å². The molecule has 29 heavy (non-hydrogen) atoms. The molecule has 154 valence electrons. The van der Waals surface area contributed by atoms with E-state index in [-0.39, 0.29) is 18.1 Å². The Morgan fingerprint density at radius 3 is 2.41 bits per heavy atom. The van der Waals surface area contributed by atoms with E-state index in [0.717, 1.165) is 30.5 Å². The number of amides is 1. The molecule has 0 bridgehead atoms. The molecule has 0 saturated carbocycles. The van der Waals surface area contributed by atoms with E-state index < -0.39 is 0 Å². The number of rotatable bonds is 4. The predicted molar refractivity (Wildman–Crippen MR) is 112 cm³/mol. The van der Waals surface area contributed by atoms with Gasteiger partial charge in [0.2, 0.25) is 11.9 Å². The van der Waals surface area contributed by atoms with Crippen molar-refractivity contribution in [2.24, 2.45) is 0 Å². The molecule has 1 aromatic heterocycles. The number of carbonyl (C=O) groups is 1. The van der Waals surface area contributed by atoms with E-state index >= 15 is 0 Å². The summed E-state index contributed by atoms with van der Waals surface area (Å²) in [6.07, 6.45) is 3.81. The predicted octanol–water partition coefficient (Wildman–Crippen LogP) is 2.81. The molecule has 0 unspecified atom stereocenters.